The molecule has 1 aliphatic rings. The van der Waals surface area contributed by atoms with Crippen LogP contribution in [-0.2, 0) is 0 Å². The molecular weight excluding hydrogens is 222 g/mol. The molecule has 1 aromatic rings. The minimum Gasteiger partial charge on any atom is -0.394 e. The van der Waals surface area contributed by atoms with Crippen LogP contribution < -0.4 is 5.32 Å². The third-order valence-electron chi connectivity index (χ3n) is 4.44. The van der Waals surface area contributed by atoms with Crippen molar-refractivity contribution in [3.05, 3.63) is 29.8 Å². The average molecular weight is 247 g/mol. The highest BCUT2D eigenvalue weighted by atomic mass is 16.3. The molecule has 2 nitrogen and oxygen atoms in total. The number of nitrogens with one attached hydrogen (secondary N) is 1. The minimum absolute atomic E-state index is 0.147. The molecule has 18 heavy (non-hydrogen) atoms. The summed E-state index contributed by atoms with van der Waals surface area (Å²) in [7, 11) is 0. The lowest BCUT2D eigenvalue weighted by Crippen LogP contribution is -2.51. The van der Waals surface area contributed by atoms with E-state index in [1.165, 1.54) is 18.4 Å². The number of hydrogen-bond donors (Lipinski definition) is 2. The summed E-state index contributed by atoms with van der Waals surface area (Å²) >= 11 is 0. The predicted octanol–water partition coefficient (Wildman–Crippen LogP) is 3.59. The number of aliphatic hydroxyl groups excluding tert-OH is 1. The van der Waals surface area contributed by atoms with Gasteiger partial charge in [0.2, 0.25) is 0 Å². The van der Waals surface area contributed by atoms with Gasteiger partial charge in [0.25, 0.3) is 0 Å². The zero-order valence-electron chi connectivity index (χ0n) is 11.7. The first kappa shape index (κ1) is 13.4. The highest BCUT2D eigenvalue weighted by molar-refractivity contribution is 5.48. The van der Waals surface area contributed by atoms with Crippen LogP contribution in [-0.4, -0.2) is 17.3 Å². The van der Waals surface area contributed by atoms with Gasteiger partial charge in [0.1, 0.15) is 0 Å². The molecule has 1 fully saturated rings. The fourth-order valence-corrected chi connectivity index (χ4v) is 3.18. The minimum atomic E-state index is -0.147. The predicted molar refractivity (Wildman–Crippen MR) is 76.8 cm³/mol. The number of rotatable bonds is 3. The number of hydrogen-bond acceptors (Lipinski definition) is 2. The van der Waals surface area contributed by atoms with Crippen LogP contribution in [0, 0.1) is 18.8 Å². The van der Waals surface area contributed by atoms with Gasteiger partial charge in [-0.25, -0.2) is 0 Å². The molecule has 3 unspecified atom stereocenters. The fraction of sp³-hybridized carbons (Fsp3) is 0.625. The summed E-state index contributed by atoms with van der Waals surface area (Å²) in [6.45, 7) is 6.86. The van der Waals surface area contributed by atoms with E-state index in [1.807, 2.05) is 0 Å². The lowest BCUT2D eigenvalue weighted by molar-refractivity contribution is 0.103. The Morgan fingerprint density at radius 3 is 2.78 bits per heavy atom. The van der Waals surface area contributed by atoms with Crippen LogP contribution >= 0.6 is 0 Å². The van der Waals surface area contributed by atoms with Crippen LogP contribution in [0.15, 0.2) is 24.3 Å². The third kappa shape index (κ3) is 2.69. The molecule has 0 saturated heterocycles. The molecule has 0 heterocycles. The number of aliphatic hydroxyl groups is 1. The molecule has 0 aliphatic heterocycles. The SMILES string of the molecule is Cc1cccc(NC2(CO)CC(C)CCC2C)c1. The Bertz CT molecular complexity index is 404. The quantitative estimate of drug-likeness (QED) is 0.855. The van der Waals surface area contributed by atoms with Crippen molar-refractivity contribution in [2.24, 2.45) is 11.8 Å². The van der Waals surface area contributed by atoms with Gasteiger partial charge in [-0.2, -0.15) is 0 Å². The largest absolute Gasteiger partial charge is 0.394 e. The van der Waals surface area contributed by atoms with Crippen molar-refractivity contribution in [2.75, 3.05) is 11.9 Å². The Balaban J connectivity index is 2.21. The smallest absolute Gasteiger partial charge is 0.0664 e. The molecule has 2 N–H and O–H groups in total. The summed E-state index contributed by atoms with van der Waals surface area (Å²) in [4.78, 5) is 0. The van der Waals surface area contributed by atoms with Crippen molar-refractivity contribution in [3.63, 3.8) is 0 Å². The van der Waals surface area contributed by atoms with E-state index >= 15 is 0 Å². The van der Waals surface area contributed by atoms with E-state index in [-0.39, 0.29) is 12.1 Å². The Labute approximate surface area is 110 Å². The summed E-state index contributed by atoms with van der Waals surface area (Å²) in [5, 5.41) is 13.5. The molecular formula is C16H25NO. The number of aryl methyl sites for hydroxylation is 1. The molecule has 100 valence electrons. The lowest BCUT2D eigenvalue weighted by Gasteiger charge is -2.45. The summed E-state index contributed by atoms with van der Waals surface area (Å²) in [5.41, 5.74) is 2.24. The fourth-order valence-electron chi connectivity index (χ4n) is 3.18. The van der Waals surface area contributed by atoms with Crippen LogP contribution in [0.3, 0.4) is 0 Å². The Hall–Kier alpha value is -1.02. The van der Waals surface area contributed by atoms with E-state index in [9.17, 15) is 5.11 Å². The monoisotopic (exact) mass is 247 g/mol. The van der Waals surface area contributed by atoms with Gasteiger partial charge in [0, 0.05) is 5.69 Å². The normalized spacial score (nSPS) is 32.2. The standard InChI is InChI=1S/C16H25NO/c1-12-5-4-6-15(9-12)17-16(11-18)10-13(2)7-8-14(16)3/h4-6,9,13-14,17-18H,7-8,10-11H2,1-3H3. The van der Waals surface area contributed by atoms with Crippen molar-refractivity contribution < 1.29 is 5.11 Å². The maximum absolute atomic E-state index is 9.90. The van der Waals surface area contributed by atoms with Crippen molar-refractivity contribution in [2.45, 2.75) is 45.6 Å². The molecule has 2 rings (SSSR count). The average Bonchev–Trinajstić information content (AvgIpc) is 2.34. The third-order valence-corrected chi connectivity index (χ3v) is 4.44. The summed E-state index contributed by atoms with van der Waals surface area (Å²) < 4.78 is 0. The highest BCUT2D eigenvalue weighted by Crippen LogP contribution is 2.39. The molecule has 3 atom stereocenters. The van der Waals surface area contributed by atoms with Crippen LogP contribution in [0.25, 0.3) is 0 Å². The van der Waals surface area contributed by atoms with Gasteiger partial charge in [-0.15, -0.1) is 0 Å². The molecule has 0 spiro atoms. The maximum atomic E-state index is 9.90. The Morgan fingerprint density at radius 2 is 2.11 bits per heavy atom. The van der Waals surface area contributed by atoms with Gasteiger partial charge in [-0.1, -0.05) is 32.4 Å². The number of anilines is 1. The van der Waals surface area contributed by atoms with Gasteiger partial charge in [-0.3, -0.25) is 0 Å². The molecule has 1 aliphatic carbocycles. The van der Waals surface area contributed by atoms with Gasteiger partial charge in [0.15, 0.2) is 0 Å². The Kier molecular flexibility index (Phi) is 3.96. The molecule has 0 radical (unpaired) electrons. The second kappa shape index (κ2) is 5.31. The Morgan fingerprint density at radius 1 is 1.33 bits per heavy atom. The van der Waals surface area contributed by atoms with Gasteiger partial charge >= 0.3 is 0 Å². The molecule has 2 heteroatoms. The van der Waals surface area contributed by atoms with Crippen molar-refractivity contribution in [1.82, 2.24) is 0 Å². The van der Waals surface area contributed by atoms with E-state index in [0.717, 1.165) is 12.1 Å². The number of benzene rings is 1. The van der Waals surface area contributed by atoms with Crippen molar-refractivity contribution in [1.29, 1.82) is 0 Å². The van der Waals surface area contributed by atoms with E-state index in [1.54, 1.807) is 0 Å². The topological polar surface area (TPSA) is 32.3 Å². The molecule has 0 bridgehead atoms. The summed E-state index contributed by atoms with van der Waals surface area (Å²) in [6, 6.07) is 8.42. The van der Waals surface area contributed by atoms with Crippen molar-refractivity contribution >= 4 is 5.69 Å². The van der Waals surface area contributed by atoms with E-state index in [2.05, 4.69) is 50.4 Å². The summed E-state index contributed by atoms with van der Waals surface area (Å²) in [5.74, 6) is 1.20. The van der Waals surface area contributed by atoms with Crippen LogP contribution in [0.5, 0.6) is 0 Å². The second-order valence-corrected chi connectivity index (χ2v) is 6.10. The highest BCUT2D eigenvalue weighted by Gasteiger charge is 2.40. The van der Waals surface area contributed by atoms with Gasteiger partial charge in [-0.05, 0) is 49.3 Å². The second-order valence-electron chi connectivity index (χ2n) is 6.10. The first-order valence-corrected chi connectivity index (χ1v) is 7.01. The van der Waals surface area contributed by atoms with Gasteiger partial charge in [0.05, 0.1) is 12.1 Å². The zero-order valence-corrected chi connectivity index (χ0v) is 11.7. The maximum Gasteiger partial charge on any atom is 0.0664 e. The molecule has 1 saturated carbocycles. The summed E-state index contributed by atoms with van der Waals surface area (Å²) in [6.07, 6.45) is 3.53. The molecule has 0 amide bonds. The zero-order chi connectivity index (χ0) is 13.2. The van der Waals surface area contributed by atoms with Crippen LogP contribution in [0.4, 0.5) is 5.69 Å². The van der Waals surface area contributed by atoms with Crippen LogP contribution in [0.1, 0.15) is 38.7 Å². The van der Waals surface area contributed by atoms with Crippen LogP contribution in [0.2, 0.25) is 0 Å². The van der Waals surface area contributed by atoms with Gasteiger partial charge < -0.3 is 10.4 Å². The first-order chi connectivity index (χ1) is 8.55. The van der Waals surface area contributed by atoms with Crippen molar-refractivity contribution in [3.8, 4) is 0 Å². The molecule has 0 aromatic heterocycles. The van der Waals surface area contributed by atoms with E-state index in [0.29, 0.717) is 11.8 Å². The first-order valence-electron chi connectivity index (χ1n) is 7.01. The molecule has 1 aromatic carbocycles. The van der Waals surface area contributed by atoms with E-state index < -0.39 is 0 Å². The lowest BCUT2D eigenvalue weighted by atomic mass is 9.70. The van der Waals surface area contributed by atoms with E-state index in [4.69, 9.17) is 0 Å².